The zero-order valence-corrected chi connectivity index (χ0v) is 30.8. The van der Waals surface area contributed by atoms with Gasteiger partial charge in [-0.25, -0.2) is 0 Å². The fourth-order valence-corrected chi connectivity index (χ4v) is 8.18. The van der Waals surface area contributed by atoms with Crippen LogP contribution in [0.4, 0.5) is 17.1 Å². The molecule has 2 heteroatoms. The van der Waals surface area contributed by atoms with E-state index in [9.17, 15) is 0 Å². The molecular formula is C54H38N2. The minimum atomic E-state index is 1.11. The fraction of sp³-hybridized carbons (Fsp3) is 0. The van der Waals surface area contributed by atoms with Crippen LogP contribution in [0.25, 0.3) is 72.0 Å². The Balaban J connectivity index is 1.10. The van der Waals surface area contributed by atoms with Gasteiger partial charge in [-0.3, -0.25) is 0 Å². The summed E-state index contributed by atoms with van der Waals surface area (Å²) in [6, 6.07) is 83.0. The molecule has 2 nitrogen and oxygen atoms in total. The first-order valence-corrected chi connectivity index (χ1v) is 19.2. The van der Waals surface area contributed by atoms with Crippen molar-refractivity contribution in [2.45, 2.75) is 0 Å². The molecule has 10 rings (SSSR count). The second-order valence-corrected chi connectivity index (χ2v) is 14.1. The Morgan fingerprint density at radius 3 is 1.43 bits per heavy atom. The zero-order chi connectivity index (χ0) is 37.3. The smallest absolute Gasteiger partial charge is 0.0547 e. The summed E-state index contributed by atoms with van der Waals surface area (Å²) in [6.45, 7) is 0. The van der Waals surface area contributed by atoms with Gasteiger partial charge in [0.05, 0.1) is 16.7 Å². The summed E-state index contributed by atoms with van der Waals surface area (Å²) < 4.78 is 2.45. The van der Waals surface area contributed by atoms with Gasteiger partial charge in [-0.1, -0.05) is 176 Å². The number of aromatic nitrogens is 1. The highest BCUT2D eigenvalue weighted by Gasteiger charge is 2.18. The maximum absolute atomic E-state index is 2.45. The molecule has 0 bridgehead atoms. The molecule has 1 heterocycles. The molecule has 0 atom stereocenters. The predicted octanol–water partition coefficient (Wildman–Crippen LogP) is 14.9. The third kappa shape index (κ3) is 6.04. The second-order valence-electron chi connectivity index (χ2n) is 14.1. The SMILES string of the molecule is c1ccc(-c2ccc(-c3ccccc3-n3c4ccccc4c4ccc(-c5ccccc5-c5cccc(N(c6ccccc6)c6ccccc6)c5)cc43)cc2)cc1. The van der Waals surface area contributed by atoms with E-state index in [4.69, 9.17) is 0 Å². The zero-order valence-electron chi connectivity index (χ0n) is 30.8. The first-order valence-electron chi connectivity index (χ1n) is 19.2. The summed E-state index contributed by atoms with van der Waals surface area (Å²) in [5.41, 5.74) is 16.4. The van der Waals surface area contributed by atoms with Crippen molar-refractivity contribution in [1.82, 2.24) is 4.57 Å². The van der Waals surface area contributed by atoms with Gasteiger partial charge in [-0.05, 0) is 93.5 Å². The highest BCUT2D eigenvalue weighted by atomic mass is 15.1. The molecule has 0 fully saturated rings. The Morgan fingerprint density at radius 1 is 0.268 bits per heavy atom. The highest BCUT2D eigenvalue weighted by molar-refractivity contribution is 6.11. The lowest BCUT2D eigenvalue weighted by molar-refractivity contribution is 1.18. The Labute approximate surface area is 327 Å². The molecule has 0 aliphatic carbocycles. The minimum absolute atomic E-state index is 1.11. The topological polar surface area (TPSA) is 8.17 Å². The average Bonchev–Trinajstić information content (AvgIpc) is 3.61. The Kier molecular flexibility index (Phi) is 8.55. The highest BCUT2D eigenvalue weighted by Crippen LogP contribution is 2.42. The van der Waals surface area contributed by atoms with E-state index < -0.39 is 0 Å². The first kappa shape index (κ1) is 33.2. The van der Waals surface area contributed by atoms with Crippen molar-refractivity contribution in [1.29, 1.82) is 0 Å². The molecule has 9 aromatic carbocycles. The molecule has 0 radical (unpaired) electrons. The fourth-order valence-electron chi connectivity index (χ4n) is 8.18. The van der Waals surface area contributed by atoms with Crippen molar-refractivity contribution in [2.75, 3.05) is 4.90 Å². The number of hydrogen-bond acceptors (Lipinski definition) is 1. The molecule has 0 unspecified atom stereocenters. The third-order valence-corrected chi connectivity index (χ3v) is 10.8. The van der Waals surface area contributed by atoms with Gasteiger partial charge in [-0.2, -0.15) is 0 Å². The molecule has 10 aromatic rings. The lowest BCUT2D eigenvalue weighted by atomic mass is 9.93. The van der Waals surface area contributed by atoms with Crippen molar-refractivity contribution in [3.63, 3.8) is 0 Å². The van der Waals surface area contributed by atoms with E-state index in [1.54, 1.807) is 0 Å². The monoisotopic (exact) mass is 714 g/mol. The van der Waals surface area contributed by atoms with Gasteiger partial charge in [0.1, 0.15) is 0 Å². The van der Waals surface area contributed by atoms with Crippen molar-refractivity contribution in [3.8, 4) is 50.2 Å². The molecule has 0 saturated heterocycles. The number of hydrogen-bond donors (Lipinski definition) is 0. The van der Waals surface area contributed by atoms with Crippen LogP contribution >= 0.6 is 0 Å². The quantitative estimate of drug-likeness (QED) is 0.152. The number of fused-ring (bicyclic) bond motifs is 3. The Hall–Kier alpha value is -7.42. The van der Waals surface area contributed by atoms with Crippen LogP contribution in [0.2, 0.25) is 0 Å². The minimum Gasteiger partial charge on any atom is -0.310 e. The predicted molar refractivity (Wildman–Crippen MR) is 237 cm³/mol. The van der Waals surface area contributed by atoms with E-state index in [0.29, 0.717) is 0 Å². The van der Waals surface area contributed by atoms with Crippen molar-refractivity contribution in [3.05, 3.63) is 231 Å². The van der Waals surface area contributed by atoms with Crippen molar-refractivity contribution < 1.29 is 0 Å². The van der Waals surface area contributed by atoms with Gasteiger partial charge in [0.15, 0.2) is 0 Å². The van der Waals surface area contributed by atoms with Crippen LogP contribution in [0.15, 0.2) is 231 Å². The van der Waals surface area contributed by atoms with Gasteiger partial charge in [0.2, 0.25) is 0 Å². The summed E-state index contributed by atoms with van der Waals surface area (Å²) in [6.07, 6.45) is 0. The molecule has 264 valence electrons. The van der Waals surface area contributed by atoms with Crippen molar-refractivity contribution in [2.24, 2.45) is 0 Å². The maximum atomic E-state index is 2.45. The average molecular weight is 715 g/mol. The summed E-state index contributed by atoms with van der Waals surface area (Å²) in [5, 5.41) is 2.48. The van der Waals surface area contributed by atoms with E-state index in [-0.39, 0.29) is 0 Å². The first-order chi connectivity index (χ1) is 27.8. The summed E-state index contributed by atoms with van der Waals surface area (Å²) in [4.78, 5) is 2.32. The molecule has 56 heavy (non-hydrogen) atoms. The summed E-state index contributed by atoms with van der Waals surface area (Å²) in [7, 11) is 0. The van der Waals surface area contributed by atoms with Gasteiger partial charge in [0.25, 0.3) is 0 Å². The van der Waals surface area contributed by atoms with Crippen LogP contribution in [0.5, 0.6) is 0 Å². The van der Waals surface area contributed by atoms with Crippen LogP contribution in [0, 0.1) is 0 Å². The van der Waals surface area contributed by atoms with Crippen LogP contribution in [-0.2, 0) is 0 Å². The van der Waals surface area contributed by atoms with Gasteiger partial charge in [0, 0.05) is 33.4 Å². The largest absolute Gasteiger partial charge is 0.310 e. The molecule has 0 N–H and O–H groups in total. The molecular weight excluding hydrogens is 677 g/mol. The van der Waals surface area contributed by atoms with E-state index in [1.165, 1.54) is 66.3 Å². The van der Waals surface area contributed by atoms with E-state index in [1.807, 2.05) is 0 Å². The molecule has 0 amide bonds. The van der Waals surface area contributed by atoms with Crippen LogP contribution in [0.3, 0.4) is 0 Å². The Bertz CT molecular complexity index is 2910. The van der Waals surface area contributed by atoms with Crippen LogP contribution in [-0.4, -0.2) is 4.57 Å². The van der Waals surface area contributed by atoms with E-state index in [2.05, 4.69) is 240 Å². The van der Waals surface area contributed by atoms with Crippen molar-refractivity contribution >= 4 is 38.9 Å². The normalized spacial score (nSPS) is 11.2. The summed E-state index contributed by atoms with van der Waals surface area (Å²) in [5.74, 6) is 0. The van der Waals surface area contributed by atoms with Crippen LogP contribution < -0.4 is 4.90 Å². The number of rotatable bonds is 8. The van der Waals surface area contributed by atoms with Gasteiger partial charge < -0.3 is 9.47 Å². The summed E-state index contributed by atoms with van der Waals surface area (Å²) >= 11 is 0. The molecule has 1 aromatic heterocycles. The molecule has 0 saturated carbocycles. The van der Waals surface area contributed by atoms with Gasteiger partial charge in [-0.15, -0.1) is 0 Å². The van der Waals surface area contributed by atoms with Gasteiger partial charge >= 0.3 is 0 Å². The number of benzene rings is 9. The second kappa shape index (κ2) is 14.4. The lowest BCUT2D eigenvalue weighted by Gasteiger charge is -2.26. The molecule has 0 aliphatic rings. The molecule has 0 aliphatic heterocycles. The Morgan fingerprint density at radius 2 is 0.732 bits per heavy atom. The standard InChI is InChI=1S/C54H38N2/c1-4-17-39(18-5-1)40-31-33-41(34-32-40)49-27-12-14-29-52(49)56-53-30-15-13-28-50(53)51-36-35-43(38-54(51)56)48-26-11-10-25-47(48)42-19-16-24-46(37-42)55(44-20-6-2-7-21-44)45-22-8-3-9-23-45/h1-38H. The lowest BCUT2D eigenvalue weighted by Crippen LogP contribution is -2.09. The van der Waals surface area contributed by atoms with E-state index in [0.717, 1.165) is 22.7 Å². The number of nitrogens with zero attached hydrogens (tertiary/aromatic N) is 2. The molecule has 0 spiro atoms. The third-order valence-electron chi connectivity index (χ3n) is 10.8. The van der Waals surface area contributed by atoms with Crippen LogP contribution in [0.1, 0.15) is 0 Å². The maximum Gasteiger partial charge on any atom is 0.0547 e. The number of para-hydroxylation sites is 4. The number of anilines is 3. The van der Waals surface area contributed by atoms with E-state index >= 15 is 0 Å².